The Hall–Kier alpha value is -3.86. The van der Waals surface area contributed by atoms with Gasteiger partial charge in [-0.05, 0) is 44.0 Å². The number of anilines is 2. The minimum atomic E-state index is -3.04. The van der Waals surface area contributed by atoms with Gasteiger partial charge in [0, 0.05) is 48.6 Å². The zero-order valence-electron chi connectivity index (χ0n) is 19.9. The van der Waals surface area contributed by atoms with Gasteiger partial charge >= 0.3 is 6.09 Å². The normalized spacial score (nSPS) is 17.3. The summed E-state index contributed by atoms with van der Waals surface area (Å²) in [6.07, 6.45) is 7.38. The molecular formula is C24H31N7O3S. The number of carbonyl (C=O) groups excluding carboxylic acids is 1. The lowest BCUT2D eigenvalue weighted by Gasteiger charge is -2.15. The molecule has 2 bridgehead atoms. The lowest BCUT2D eigenvalue weighted by atomic mass is 10.1. The SMILES string of the molecule is C=C/C(=C1\N=C(N)Nc2ccc(S(C)(=O)=NC(=O)OCC)c(c2)NCCCCN1)c1cccnc1. The number of pyridine rings is 1. The smallest absolute Gasteiger partial charge is 0.442 e. The molecule has 2 heterocycles. The van der Waals surface area contributed by atoms with E-state index in [0.29, 0.717) is 35.2 Å². The third-order valence-corrected chi connectivity index (χ3v) is 6.72. The van der Waals surface area contributed by atoms with E-state index >= 15 is 0 Å². The molecule has 11 heteroatoms. The fourth-order valence-electron chi connectivity index (χ4n) is 3.46. The van der Waals surface area contributed by atoms with E-state index in [1.54, 1.807) is 43.6 Å². The second kappa shape index (κ2) is 12.0. The molecule has 0 aliphatic carbocycles. The number of aliphatic imine (C=N–C) groups is 1. The molecule has 1 aliphatic rings. The number of ether oxygens (including phenoxy) is 1. The number of hydrogen-bond donors (Lipinski definition) is 4. The van der Waals surface area contributed by atoms with Gasteiger partial charge in [0.05, 0.1) is 26.9 Å². The molecule has 10 nitrogen and oxygen atoms in total. The van der Waals surface area contributed by atoms with Crippen LogP contribution in [-0.2, 0) is 14.5 Å². The molecule has 2 aromatic rings. The lowest BCUT2D eigenvalue weighted by Crippen LogP contribution is -2.25. The van der Waals surface area contributed by atoms with Gasteiger partial charge in [0.15, 0.2) is 5.96 Å². The van der Waals surface area contributed by atoms with Crippen LogP contribution in [0.3, 0.4) is 0 Å². The van der Waals surface area contributed by atoms with E-state index < -0.39 is 15.8 Å². The van der Waals surface area contributed by atoms with E-state index in [9.17, 15) is 9.00 Å². The molecular weight excluding hydrogens is 466 g/mol. The number of hydrogen-bond acceptors (Lipinski definition) is 9. The van der Waals surface area contributed by atoms with Crippen LogP contribution in [0.2, 0.25) is 0 Å². The van der Waals surface area contributed by atoms with Gasteiger partial charge in [-0.2, -0.15) is 4.99 Å². The van der Waals surface area contributed by atoms with Crippen molar-refractivity contribution < 1.29 is 13.7 Å². The van der Waals surface area contributed by atoms with Crippen LogP contribution >= 0.6 is 0 Å². The Kier molecular flexibility index (Phi) is 8.85. The van der Waals surface area contributed by atoms with Gasteiger partial charge in [0.2, 0.25) is 0 Å². The Morgan fingerprint density at radius 3 is 2.74 bits per heavy atom. The standard InChI is InChI=1S/C24H31N7O3S/c1-4-19(17-9-8-12-26-16-17)22-28-14-7-6-13-27-20-15-18(29-23(25)30-22)10-11-21(20)35(3,33)31-24(32)34-5-2/h4,8-12,15-16,27-28H,1,5-7,13-14H2,2-3H3,(H3,25,29,30)/b22-19+. The molecule has 5 N–H and O–H groups in total. The maximum atomic E-state index is 13.3. The molecule has 1 unspecified atom stereocenters. The maximum absolute atomic E-state index is 13.3. The van der Waals surface area contributed by atoms with Crippen molar-refractivity contribution in [1.29, 1.82) is 0 Å². The summed E-state index contributed by atoms with van der Waals surface area (Å²) in [6, 6.07) is 8.91. The van der Waals surface area contributed by atoms with Crippen LogP contribution in [0.1, 0.15) is 25.3 Å². The fraction of sp³-hybridized carbons (Fsp3) is 0.292. The number of carbonyl (C=O) groups is 1. The second-order valence-corrected chi connectivity index (χ2v) is 9.92. The highest BCUT2D eigenvalue weighted by molar-refractivity contribution is 7.93. The Labute approximate surface area is 206 Å². The van der Waals surface area contributed by atoms with Gasteiger partial charge in [-0.3, -0.25) is 4.98 Å². The van der Waals surface area contributed by atoms with E-state index in [0.717, 1.165) is 24.0 Å². The highest BCUT2D eigenvalue weighted by Crippen LogP contribution is 2.27. The van der Waals surface area contributed by atoms with Crippen LogP contribution < -0.4 is 21.7 Å². The second-order valence-electron chi connectivity index (χ2n) is 7.69. The highest BCUT2D eigenvalue weighted by Gasteiger charge is 2.16. The number of amides is 1. The van der Waals surface area contributed by atoms with Gasteiger partial charge in [-0.25, -0.2) is 9.00 Å². The zero-order valence-corrected chi connectivity index (χ0v) is 20.7. The number of nitrogens with two attached hydrogens (primary N) is 1. The van der Waals surface area contributed by atoms with Crippen molar-refractivity contribution in [3.05, 3.63) is 66.8 Å². The van der Waals surface area contributed by atoms with Crippen LogP contribution in [0.25, 0.3) is 5.57 Å². The Bertz CT molecular complexity index is 1250. The molecule has 1 atom stereocenters. The van der Waals surface area contributed by atoms with Crippen molar-refractivity contribution in [2.45, 2.75) is 24.7 Å². The summed E-state index contributed by atoms with van der Waals surface area (Å²) >= 11 is 0. The Morgan fingerprint density at radius 2 is 2.06 bits per heavy atom. The van der Waals surface area contributed by atoms with Gasteiger partial charge in [-0.15, -0.1) is 4.36 Å². The summed E-state index contributed by atoms with van der Waals surface area (Å²) in [6.45, 7) is 7.03. The third kappa shape index (κ3) is 7.06. The molecule has 186 valence electrons. The molecule has 1 amide bonds. The number of benzene rings is 1. The molecule has 1 aliphatic heterocycles. The minimum absolute atomic E-state index is 0.155. The van der Waals surface area contributed by atoms with Crippen LogP contribution in [0.5, 0.6) is 0 Å². The Balaban J connectivity index is 2.01. The van der Waals surface area contributed by atoms with Crippen LogP contribution in [0, 0.1) is 0 Å². The molecule has 1 aromatic heterocycles. The summed E-state index contributed by atoms with van der Waals surface area (Å²) in [4.78, 5) is 21.0. The summed E-state index contributed by atoms with van der Waals surface area (Å²) in [5.41, 5.74) is 9.10. The van der Waals surface area contributed by atoms with Crippen molar-refractivity contribution in [3.63, 3.8) is 0 Å². The van der Waals surface area contributed by atoms with Gasteiger partial charge in [-0.1, -0.05) is 18.7 Å². The molecule has 0 saturated carbocycles. The monoisotopic (exact) mass is 497 g/mol. The first-order valence-electron chi connectivity index (χ1n) is 11.2. The molecule has 3 rings (SSSR count). The first-order chi connectivity index (χ1) is 16.8. The number of allylic oxidation sites excluding steroid dienone is 2. The average molecular weight is 498 g/mol. The quantitative estimate of drug-likeness (QED) is 0.500. The molecule has 0 saturated heterocycles. The number of nitrogens with one attached hydrogen (secondary N) is 3. The van der Waals surface area contributed by atoms with Gasteiger partial charge in [0.1, 0.15) is 5.82 Å². The Morgan fingerprint density at radius 1 is 1.29 bits per heavy atom. The summed E-state index contributed by atoms with van der Waals surface area (Å²) in [5, 5.41) is 9.73. The number of guanidine groups is 1. The fourth-order valence-corrected chi connectivity index (χ4v) is 4.76. The molecule has 0 spiro atoms. The van der Waals surface area contributed by atoms with Crippen molar-refractivity contribution in [1.82, 2.24) is 10.3 Å². The highest BCUT2D eigenvalue weighted by atomic mass is 32.2. The average Bonchev–Trinajstić information content (AvgIpc) is 2.82. The van der Waals surface area contributed by atoms with Crippen LogP contribution in [0.4, 0.5) is 16.2 Å². The van der Waals surface area contributed by atoms with Crippen LogP contribution in [0.15, 0.2) is 75.5 Å². The number of aromatic nitrogens is 1. The van der Waals surface area contributed by atoms with Gasteiger partial charge < -0.3 is 26.4 Å². The number of nitrogens with zero attached hydrogens (tertiary/aromatic N) is 3. The summed E-state index contributed by atoms with van der Waals surface area (Å²) in [5.74, 6) is 0.731. The first kappa shape index (κ1) is 25.8. The van der Waals surface area contributed by atoms with E-state index in [1.165, 1.54) is 6.26 Å². The van der Waals surface area contributed by atoms with Crippen molar-refractivity contribution in [2.75, 3.05) is 36.6 Å². The van der Waals surface area contributed by atoms with Gasteiger partial charge in [0.25, 0.3) is 0 Å². The van der Waals surface area contributed by atoms with E-state index in [-0.39, 0.29) is 12.6 Å². The lowest BCUT2D eigenvalue weighted by molar-refractivity contribution is 0.164. The predicted molar refractivity (Wildman–Crippen MR) is 141 cm³/mol. The van der Waals surface area contributed by atoms with E-state index in [4.69, 9.17) is 10.5 Å². The number of rotatable bonds is 4. The topological polar surface area (TPSA) is 143 Å². The van der Waals surface area contributed by atoms with Crippen molar-refractivity contribution >= 4 is 38.7 Å². The molecule has 0 radical (unpaired) electrons. The first-order valence-corrected chi connectivity index (χ1v) is 13.2. The zero-order chi connectivity index (χ0) is 25.3. The van der Waals surface area contributed by atoms with Crippen LogP contribution in [-0.4, -0.2) is 47.2 Å². The molecule has 35 heavy (non-hydrogen) atoms. The largest absolute Gasteiger partial charge is 0.448 e. The predicted octanol–water partition coefficient (Wildman–Crippen LogP) is 3.77. The number of fused-ring (bicyclic) bond motifs is 2. The van der Waals surface area contributed by atoms with Crippen molar-refractivity contribution in [3.8, 4) is 0 Å². The molecule has 0 fully saturated rings. The van der Waals surface area contributed by atoms with E-state index in [2.05, 4.69) is 36.9 Å². The summed E-state index contributed by atoms with van der Waals surface area (Å²) in [7, 11) is -3.04. The van der Waals surface area contributed by atoms with E-state index in [1.807, 2.05) is 12.1 Å². The maximum Gasteiger partial charge on any atom is 0.442 e. The third-order valence-electron chi connectivity index (χ3n) is 5.05. The molecule has 1 aromatic carbocycles. The minimum Gasteiger partial charge on any atom is -0.448 e. The summed E-state index contributed by atoms with van der Waals surface area (Å²) < 4.78 is 21.9. The van der Waals surface area contributed by atoms with Crippen molar-refractivity contribution in [2.24, 2.45) is 15.1 Å².